The Morgan fingerprint density at radius 3 is 2.37 bits per heavy atom. The van der Waals surface area contributed by atoms with Crippen molar-refractivity contribution in [3.05, 3.63) is 89.0 Å². The molecule has 1 amide bonds. The number of carbonyl (C=O) groups is 2. The second-order valence-corrected chi connectivity index (χ2v) is 25.2. The zero-order valence-corrected chi connectivity index (χ0v) is 42.8. The van der Waals surface area contributed by atoms with Crippen LogP contribution in [0.1, 0.15) is 96.3 Å². The highest BCUT2D eigenvalue weighted by Crippen LogP contribution is 2.72. The highest BCUT2D eigenvalue weighted by molar-refractivity contribution is 7.86. The molecule has 5 N–H and O–H groups in total. The molecular weight excluding hydrogens is 973 g/mol. The number of para-hydroxylation sites is 1. The molecule has 4 fully saturated rings. The molecule has 71 heavy (non-hydrogen) atoms. The lowest BCUT2D eigenvalue weighted by Crippen LogP contribution is -2.64. The minimum absolute atomic E-state index is 0.00378. The van der Waals surface area contributed by atoms with Gasteiger partial charge in [0.15, 0.2) is 17.1 Å². The molecule has 0 spiro atoms. The molecule has 3 unspecified atom stereocenters. The molecule has 10 rings (SSSR count). The van der Waals surface area contributed by atoms with Gasteiger partial charge in [0, 0.05) is 67.2 Å². The van der Waals surface area contributed by atoms with Gasteiger partial charge in [-0.3, -0.25) is 23.9 Å². The first-order valence-electron chi connectivity index (χ1n) is 23.9. The van der Waals surface area contributed by atoms with Crippen LogP contribution in [0.4, 0.5) is 10.8 Å². The summed E-state index contributed by atoms with van der Waals surface area (Å²) in [6.07, 6.45) is 8.66. The largest absolute Gasteiger partial charge is 0.476 e. The molecule has 22 heteroatoms. The zero-order valence-electron chi connectivity index (χ0n) is 40.4. The van der Waals surface area contributed by atoms with Gasteiger partial charge in [0.2, 0.25) is 0 Å². The summed E-state index contributed by atoms with van der Waals surface area (Å²) in [6, 6.07) is 14.9. The average molecular weight is 1040 g/mol. The van der Waals surface area contributed by atoms with Crippen LogP contribution in [0.25, 0.3) is 21.3 Å². The van der Waals surface area contributed by atoms with Crippen LogP contribution in [0.5, 0.6) is 0 Å². The fourth-order valence-corrected chi connectivity index (χ4v) is 14.9. The summed E-state index contributed by atoms with van der Waals surface area (Å²) in [4.78, 5) is 40.2. The van der Waals surface area contributed by atoms with Crippen molar-refractivity contribution < 1.29 is 50.1 Å². The maximum atomic E-state index is 14.2. The number of hydrogen-bond acceptors (Lipinski definition) is 15. The third-order valence-electron chi connectivity index (χ3n) is 14.7. The minimum Gasteiger partial charge on any atom is -0.476 e. The van der Waals surface area contributed by atoms with Gasteiger partial charge in [0.25, 0.3) is 26.1 Å². The van der Waals surface area contributed by atoms with Gasteiger partial charge in [0.1, 0.15) is 0 Å². The Bertz CT molecular complexity index is 3020. The van der Waals surface area contributed by atoms with Gasteiger partial charge in [-0.25, -0.2) is 14.8 Å². The molecule has 0 radical (unpaired) electrons. The van der Waals surface area contributed by atoms with E-state index in [2.05, 4.69) is 34.4 Å². The van der Waals surface area contributed by atoms with E-state index in [0.717, 1.165) is 60.0 Å². The van der Waals surface area contributed by atoms with Crippen molar-refractivity contribution in [3.63, 3.8) is 0 Å². The van der Waals surface area contributed by atoms with E-state index in [1.165, 1.54) is 17.5 Å². The number of ether oxygens (including phenoxy) is 2. The quantitative estimate of drug-likeness (QED) is 0.0398. The van der Waals surface area contributed by atoms with Crippen LogP contribution in [-0.2, 0) is 42.7 Å². The number of benzene rings is 2. The van der Waals surface area contributed by atoms with Gasteiger partial charge in [-0.1, -0.05) is 49.4 Å². The number of aromatic nitrogens is 4. The van der Waals surface area contributed by atoms with Crippen molar-refractivity contribution in [1.82, 2.24) is 30.0 Å². The van der Waals surface area contributed by atoms with E-state index in [9.17, 15) is 40.6 Å². The second kappa shape index (κ2) is 19.5. The Hall–Kier alpha value is -4.91. The molecule has 19 nitrogen and oxygen atoms in total. The van der Waals surface area contributed by atoms with E-state index in [4.69, 9.17) is 14.6 Å². The van der Waals surface area contributed by atoms with Gasteiger partial charge in [-0.15, -0.1) is 0 Å². The van der Waals surface area contributed by atoms with Crippen molar-refractivity contribution in [1.29, 1.82) is 0 Å². The number of anilines is 2. The molecule has 3 atom stereocenters. The fraction of sp³-hybridized carbons (Fsp3) is 0.531. The number of pyridine rings is 1. The molecule has 0 saturated heterocycles. The predicted octanol–water partition coefficient (Wildman–Crippen LogP) is 6.32. The maximum absolute atomic E-state index is 14.2. The van der Waals surface area contributed by atoms with Crippen molar-refractivity contribution in [2.75, 3.05) is 74.7 Å². The van der Waals surface area contributed by atoms with E-state index in [0.29, 0.717) is 65.7 Å². The number of aromatic carboxylic acids is 1. The molecule has 5 aromatic rings. The molecule has 5 aliphatic rings. The number of amides is 1. The van der Waals surface area contributed by atoms with Crippen molar-refractivity contribution >= 4 is 64.5 Å². The van der Waals surface area contributed by atoms with Gasteiger partial charge >= 0.3 is 5.97 Å². The lowest BCUT2D eigenvalue weighted by atomic mass is 9.39. The summed E-state index contributed by atoms with van der Waals surface area (Å²) in [5, 5.41) is 21.9. The number of nitrogens with zero attached hydrogens (tertiary/aromatic N) is 6. The summed E-state index contributed by atoms with van der Waals surface area (Å²) >= 11 is 1.36. The van der Waals surface area contributed by atoms with E-state index in [1.54, 1.807) is 18.3 Å². The third-order valence-corrected chi connectivity index (χ3v) is 17.1. The molecule has 2 aromatic carbocycles. The number of hydrogen-bond donors (Lipinski definition) is 5. The first-order chi connectivity index (χ1) is 33.5. The van der Waals surface area contributed by atoms with Crippen LogP contribution in [0.3, 0.4) is 0 Å². The Balaban J connectivity index is 0.999. The number of nitrogens with one attached hydrogen (secondary N) is 2. The van der Waals surface area contributed by atoms with E-state index in [1.807, 2.05) is 64.9 Å². The van der Waals surface area contributed by atoms with Crippen molar-refractivity contribution in [2.24, 2.45) is 16.2 Å². The molecule has 4 aliphatic carbocycles. The SMILES string of the molecule is Cc1c(-c2cc(N3CCc4cccc(C(=O)Nc5nc6ccccc6s5)c4C3OCCNCCS(=O)(=O)O)cnc2C(=O)O)cnn1CC12CC3(C)CC(C)(C1)CC(OCCN(C)CCS(=O)(=O)O)(C3)C2. The topological polar surface area (TPSA) is 256 Å². The standard InChI is InChI=1S/C49H62N8O11S3/c1-32-37(24-52-57(32)31-48-26-46(2)25-47(3,27-48)29-49(28-46,30-48)68-19-16-55(4)17-21-71(64,65)66)36-22-34(23-51-41(36)44(59)60)56-15-12-33-8-7-9-35(40(33)43(56)67-18-13-50-14-20-70(61,62)63)42(58)54-45-53-38-10-5-6-11-39(38)69-45/h5-11,22-24,43,50H,12-21,25-31H2,1-4H3,(H,59,60)(H,53,54,58)(H,61,62,63)(H,64,65,66). The normalized spacial score (nSPS) is 25.0. The maximum Gasteiger partial charge on any atom is 0.355 e. The van der Waals surface area contributed by atoms with Gasteiger partial charge in [0.05, 0.1) is 58.6 Å². The lowest BCUT2D eigenvalue weighted by molar-refractivity contribution is -0.248. The number of carboxylic acid groups (broad SMARTS) is 1. The zero-order chi connectivity index (χ0) is 50.6. The molecular formula is C49H62N8O11S3. The number of thiazole rings is 1. The number of carboxylic acids is 1. The average Bonchev–Trinajstić information content (AvgIpc) is 3.85. The van der Waals surface area contributed by atoms with E-state index >= 15 is 0 Å². The summed E-state index contributed by atoms with van der Waals surface area (Å²) in [7, 11) is -6.43. The first-order valence-corrected chi connectivity index (χ1v) is 27.9. The minimum atomic E-state index is -4.18. The Kier molecular flexibility index (Phi) is 14.0. The lowest BCUT2D eigenvalue weighted by Gasteiger charge is -2.69. The Morgan fingerprint density at radius 1 is 0.901 bits per heavy atom. The highest BCUT2D eigenvalue weighted by Gasteiger charge is 2.66. The molecule has 4 bridgehead atoms. The van der Waals surface area contributed by atoms with Crippen LogP contribution >= 0.6 is 11.3 Å². The first kappa shape index (κ1) is 51.0. The number of rotatable bonds is 21. The van der Waals surface area contributed by atoms with Gasteiger partial charge < -0.3 is 29.7 Å². The molecule has 4 saturated carbocycles. The number of fused-ring (bicyclic) bond motifs is 2. The monoisotopic (exact) mass is 1030 g/mol. The Morgan fingerprint density at radius 2 is 1.65 bits per heavy atom. The van der Waals surface area contributed by atoms with Crippen LogP contribution in [0.2, 0.25) is 0 Å². The van der Waals surface area contributed by atoms with Crippen molar-refractivity contribution in [3.8, 4) is 11.1 Å². The second-order valence-electron chi connectivity index (χ2n) is 21.0. The molecule has 382 valence electrons. The van der Waals surface area contributed by atoms with Crippen LogP contribution in [-0.4, -0.2) is 138 Å². The van der Waals surface area contributed by atoms with Crippen LogP contribution in [0, 0.1) is 23.2 Å². The summed E-state index contributed by atoms with van der Waals surface area (Å²) in [5.41, 5.74) is 4.38. The Labute approximate surface area is 417 Å². The van der Waals surface area contributed by atoms with Gasteiger partial charge in [-0.2, -0.15) is 21.9 Å². The van der Waals surface area contributed by atoms with E-state index < -0.39 is 38.2 Å². The summed E-state index contributed by atoms with van der Waals surface area (Å²) in [6.45, 7) is 9.16. The van der Waals surface area contributed by atoms with Crippen LogP contribution < -0.4 is 15.5 Å². The fourth-order valence-electron chi connectivity index (χ4n) is 13.1. The number of likely N-dealkylation sites (N-methyl/N-ethyl adjacent to an activating group) is 1. The summed E-state index contributed by atoms with van der Waals surface area (Å²) < 4.78 is 80.4. The molecule has 3 aromatic heterocycles. The molecule has 4 heterocycles. The summed E-state index contributed by atoms with van der Waals surface area (Å²) in [5.74, 6) is -2.40. The third kappa shape index (κ3) is 11.3. The molecule has 1 aliphatic heterocycles. The number of carbonyl (C=O) groups excluding carboxylic acids is 1. The van der Waals surface area contributed by atoms with Crippen LogP contribution in [0.15, 0.2) is 60.9 Å². The van der Waals surface area contributed by atoms with Crippen molar-refractivity contribution in [2.45, 2.75) is 84.1 Å². The van der Waals surface area contributed by atoms with E-state index in [-0.39, 0.29) is 65.4 Å². The smallest absolute Gasteiger partial charge is 0.355 e. The highest BCUT2D eigenvalue weighted by atomic mass is 32.2. The van der Waals surface area contributed by atoms with Gasteiger partial charge in [-0.05, 0) is 105 Å². The predicted molar refractivity (Wildman–Crippen MR) is 269 cm³/mol.